The molecule has 0 bridgehead atoms. The molecule has 0 spiro atoms. The Morgan fingerprint density at radius 2 is 0.833 bits per heavy atom. The lowest BCUT2D eigenvalue weighted by Crippen LogP contribution is -2.18. The first-order valence-corrected chi connectivity index (χ1v) is 13.8. The van der Waals surface area contributed by atoms with E-state index in [9.17, 15) is 16.8 Å². The molecule has 0 aromatic heterocycles. The second-order valence-corrected chi connectivity index (χ2v) is 13.8. The van der Waals surface area contributed by atoms with Gasteiger partial charge in [0, 0.05) is 0 Å². The molecule has 10 heteroatoms. The summed E-state index contributed by atoms with van der Waals surface area (Å²) >= 11 is 0. The van der Waals surface area contributed by atoms with Gasteiger partial charge >= 0.3 is 20.8 Å². The lowest BCUT2D eigenvalue weighted by atomic mass is 9.93. The van der Waals surface area contributed by atoms with Gasteiger partial charge in [0.25, 0.3) is 0 Å². The summed E-state index contributed by atoms with van der Waals surface area (Å²) in [6.07, 6.45) is 1.94. The van der Waals surface area contributed by atoms with Crippen LogP contribution in [0.2, 0.25) is 0 Å². The molecule has 0 fully saturated rings. The molecule has 0 rings (SSSR count). The van der Waals surface area contributed by atoms with Crippen LogP contribution in [0.3, 0.4) is 0 Å². The summed E-state index contributed by atoms with van der Waals surface area (Å²) in [6, 6.07) is 0. The fourth-order valence-corrected chi connectivity index (χ4v) is 2.32. The van der Waals surface area contributed by atoms with E-state index in [4.69, 9.17) is 12.9 Å². The molecule has 0 atom stereocenters. The van der Waals surface area contributed by atoms with Gasteiger partial charge in [-0.1, -0.05) is 82.7 Å². The lowest BCUT2D eigenvalue weighted by molar-refractivity contribution is 0.175. The van der Waals surface area contributed by atoms with Crippen LogP contribution in [-0.2, 0) is 33.3 Å². The second-order valence-electron chi connectivity index (χ2n) is 11.4. The van der Waals surface area contributed by atoms with Gasteiger partial charge in [0.2, 0.25) is 0 Å². The van der Waals surface area contributed by atoms with Gasteiger partial charge in [0.05, 0.1) is 19.8 Å². The molecule has 1 N–H and O–H groups in total. The van der Waals surface area contributed by atoms with Crippen molar-refractivity contribution < 1.29 is 33.9 Å². The van der Waals surface area contributed by atoms with Crippen LogP contribution in [0.4, 0.5) is 0 Å². The highest BCUT2D eigenvalue weighted by Crippen LogP contribution is 2.20. The van der Waals surface area contributed by atoms with Crippen molar-refractivity contribution in [3.8, 4) is 0 Å². The van der Waals surface area contributed by atoms with Crippen molar-refractivity contribution in [2.24, 2.45) is 16.2 Å². The van der Waals surface area contributed by atoms with Crippen LogP contribution in [0.25, 0.3) is 0 Å². The van der Waals surface area contributed by atoms with Crippen molar-refractivity contribution in [3.63, 3.8) is 0 Å². The lowest BCUT2D eigenvalue weighted by Gasteiger charge is -2.18. The third-order valence-corrected chi connectivity index (χ3v) is 4.62. The molecule has 0 unspecified atom stereocenters. The van der Waals surface area contributed by atoms with Crippen LogP contribution >= 0.6 is 0 Å². The largest absolute Gasteiger partial charge is 0.399 e. The van der Waals surface area contributed by atoms with Gasteiger partial charge in [-0.3, -0.25) is 4.55 Å². The fraction of sp³-hybridized carbons (Fsp3) is 0.846. The summed E-state index contributed by atoms with van der Waals surface area (Å²) < 4.78 is 64.7. The molecule has 36 heavy (non-hydrogen) atoms. The van der Waals surface area contributed by atoms with Crippen LogP contribution in [0.1, 0.15) is 110 Å². The molecule has 0 aliphatic carbocycles. The molecular weight excluding hydrogens is 504 g/mol. The van der Waals surface area contributed by atoms with E-state index in [1.807, 2.05) is 76.2 Å². The Hall–Kier alpha value is -0.780. The third kappa shape index (κ3) is 64.0. The quantitative estimate of drug-likeness (QED) is 0.221. The summed E-state index contributed by atoms with van der Waals surface area (Å²) in [5.74, 6) is 0. The van der Waals surface area contributed by atoms with Gasteiger partial charge in [-0.05, 0) is 49.4 Å². The van der Waals surface area contributed by atoms with Crippen molar-refractivity contribution in [2.45, 2.75) is 110 Å². The minimum Gasteiger partial charge on any atom is -0.264 e. The Morgan fingerprint density at radius 1 is 0.639 bits per heavy atom. The third-order valence-electron chi connectivity index (χ3n) is 3.24. The summed E-state index contributed by atoms with van der Waals surface area (Å²) in [5, 5.41) is 0. The SMILES string of the molecule is C.C.C=C.C=C(C)C.CC(C)(C)CCOS(=O)(=O)O.CC(C)(C)CCOS(=O)(=O)OCCC(C)(C)C. The van der Waals surface area contributed by atoms with Gasteiger partial charge in [-0.25, -0.2) is 12.5 Å². The molecule has 0 aliphatic rings. The smallest absolute Gasteiger partial charge is 0.264 e. The highest BCUT2D eigenvalue weighted by Gasteiger charge is 2.18. The molecule has 0 heterocycles. The highest BCUT2D eigenvalue weighted by molar-refractivity contribution is 7.81. The fourth-order valence-electron chi connectivity index (χ4n) is 1.39. The van der Waals surface area contributed by atoms with Crippen molar-refractivity contribution >= 4 is 20.8 Å². The molecule has 0 saturated heterocycles. The maximum Gasteiger partial charge on any atom is 0.399 e. The van der Waals surface area contributed by atoms with E-state index in [-0.39, 0.29) is 50.9 Å². The number of hydrogen-bond donors (Lipinski definition) is 1. The molecule has 0 aromatic rings. The first-order chi connectivity index (χ1) is 14.9. The van der Waals surface area contributed by atoms with Crippen LogP contribution in [0.15, 0.2) is 25.3 Å². The highest BCUT2D eigenvalue weighted by atomic mass is 32.3. The zero-order valence-electron chi connectivity index (χ0n) is 23.5. The van der Waals surface area contributed by atoms with Crippen LogP contribution in [0, 0.1) is 16.2 Å². The topological polar surface area (TPSA) is 116 Å². The van der Waals surface area contributed by atoms with Crippen LogP contribution in [-0.4, -0.2) is 41.2 Å². The number of allylic oxidation sites excluding steroid dienone is 1. The molecule has 0 amide bonds. The Balaban J connectivity index is -0.000000102. The average molecular weight is 565 g/mol. The van der Waals surface area contributed by atoms with Gasteiger partial charge < -0.3 is 0 Å². The van der Waals surface area contributed by atoms with E-state index < -0.39 is 20.8 Å². The Morgan fingerprint density at radius 3 is 1.00 bits per heavy atom. The Kier molecular flexibility index (Phi) is 29.8. The summed E-state index contributed by atoms with van der Waals surface area (Å²) in [5.41, 5.74) is 1.30. The molecular formula is C26H60O8S2. The van der Waals surface area contributed by atoms with E-state index in [0.29, 0.717) is 19.3 Å². The zero-order valence-corrected chi connectivity index (χ0v) is 25.1. The first-order valence-electron chi connectivity index (χ1n) is 11.1. The van der Waals surface area contributed by atoms with Crippen LogP contribution < -0.4 is 0 Å². The average Bonchev–Trinajstić information content (AvgIpc) is 2.51. The summed E-state index contributed by atoms with van der Waals surface area (Å²) in [4.78, 5) is 0. The molecule has 0 radical (unpaired) electrons. The molecule has 8 nitrogen and oxygen atoms in total. The normalized spacial score (nSPS) is 11.6. The molecule has 0 aliphatic heterocycles. The monoisotopic (exact) mass is 564 g/mol. The van der Waals surface area contributed by atoms with E-state index in [1.165, 1.54) is 5.57 Å². The predicted molar refractivity (Wildman–Crippen MR) is 156 cm³/mol. The van der Waals surface area contributed by atoms with Crippen molar-refractivity contribution in [1.29, 1.82) is 0 Å². The van der Waals surface area contributed by atoms with Gasteiger partial charge in [0.1, 0.15) is 0 Å². The van der Waals surface area contributed by atoms with E-state index >= 15 is 0 Å². The van der Waals surface area contributed by atoms with Crippen molar-refractivity contribution in [2.75, 3.05) is 19.8 Å². The van der Waals surface area contributed by atoms with Crippen molar-refractivity contribution in [3.05, 3.63) is 25.3 Å². The minimum atomic E-state index is -4.25. The summed E-state index contributed by atoms with van der Waals surface area (Å²) in [7, 11) is -8.07. The first kappa shape index (κ1) is 48.3. The summed E-state index contributed by atoms with van der Waals surface area (Å²) in [6.45, 7) is 31.9. The standard InChI is InChI=1S/C12H26O4S.C6H14O4S.C4H8.C2H4.2CH4/c1-11(2,3)7-9-15-17(13,14)16-10-8-12(4,5)6;1-6(2,3)4-5-10-11(7,8)9;1-4(2)3;1-2;;/h7-10H2,1-6H3;4-5H2,1-3H3,(H,7,8,9);1H2,2-3H3;1-2H2;2*1H4. The second kappa shape index (κ2) is 22.2. The maximum absolute atomic E-state index is 11.4. The maximum atomic E-state index is 11.4. The molecule has 224 valence electrons. The van der Waals surface area contributed by atoms with Gasteiger partial charge in [-0.15, -0.1) is 19.7 Å². The predicted octanol–water partition coefficient (Wildman–Crippen LogP) is 8.04. The Labute approximate surface area is 226 Å². The van der Waals surface area contributed by atoms with E-state index in [1.54, 1.807) is 0 Å². The molecule has 0 saturated carbocycles. The zero-order chi connectivity index (χ0) is 28.4. The van der Waals surface area contributed by atoms with E-state index in [2.05, 4.69) is 23.9 Å². The van der Waals surface area contributed by atoms with Gasteiger partial charge in [0.15, 0.2) is 0 Å². The van der Waals surface area contributed by atoms with Crippen molar-refractivity contribution in [1.82, 2.24) is 0 Å². The minimum absolute atomic E-state index is 0. The van der Waals surface area contributed by atoms with Crippen LogP contribution in [0.5, 0.6) is 0 Å². The van der Waals surface area contributed by atoms with Gasteiger partial charge in [-0.2, -0.15) is 16.8 Å². The molecule has 0 aromatic carbocycles. The van der Waals surface area contributed by atoms with E-state index in [0.717, 1.165) is 0 Å². The number of rotatable bonds is 9. The Bertz CT molecular complexity index is 691. The number of hydrogen-bond acceptors (Lipinski definition) is 7.